The van der Waals surface area contributed by atoms with E-state index in [2.05, 4.69) is 66.7 Å². The van der Waals surface area contributed by atoms with Gasteiger partial charge in [0.1, 0.15) is 0 Å². The highest BCUT2D eigenvalue weighted by Crippen LogP contribution is 2.60. The minimum absolute atomic E-state index is 0.0451. The largest absolute Gasteiger partial charge is 0.339 e. The van der Waals surface area contributed by atoms with Crippen LogP contribution in [-0.2, 0) is 18.9 Å². The van der Waals surface area contributed by atoms with E-state index >= 15 is 0 Å². The normalized spacial score (nSPS) is 19.3. The Bertz CT molecular complexity index is 2680. The molecule has 2 aromatic carbocycles. The number of carbonyl (C=O) groups excluding carboxylic acids is 2. The van der Waals surface area contributed by atoms with Crippen molar-refractivity contribution in [3.8, 4) is 0 Å². The van der Waals surface area contributed by atoms with Gasteiger partial charge in [0.15, 0.2) is 11.6 Å². The Kier molecular flexibility index (Phi) is 9.17. The molecule has 4 aromatic heterocycles. The van der Waals surface area contributed by atoms with Crippen LogP contribution in [0.4, 0.5) is 28.1 Å². The number of carbonyl (C=O) groups is 2. The molecule has 4 aliphatic rings. The zero-order chi connectivity index (χ0) is 40.4. The quantitative estimate of drug-likeness (QED) is 0.101. The number of fused-ring (bicyclic) bond motifs is 2. The van der Waals surface area contributed by atoms with Crippen LogP contribution in [0.25, 0.3) is 33.0 Å². The van der Waals surface area contributed by atoms with Gasteiger partial charge in [0.25, 0.3) is 0 Å². The summed E-state index contributed by atoms with van der Waals surface area (Å²) in [6.07, 6.45) is 13.2. The Morgan fingerprint density at radius 1 is 0.797 bits per heavy atom. The van der Waals surface area contributed by atoms with Crippen molar-refractivity contribution < 1.29 is 9.59 Å². The number of urea groups is 1. The average molecular weight is 796 g/mol. The van der Waals surface area contributed by atoms with E-state index in [4.69, 9.17) is 20.2 Å². The second-order valence-electron chi connectivity index (χ2n) is 16.1. The first-order valence-corrected chi connectivity index (χ1v) is 20.8. The molecule has 17 nitrogen and oxygen atoms in total. The van der Waals surface area contributed by atoms with Crippen molar-refractivity contribution in [2.75, 3.05) is 43.4 Å². The summed E-state index contributed by atoms with van der Waals surface area (Å²) in [5, 5.41) is 37.7. The molecule has 0 spiro atoms. The van der Waals surface area contributed by atoms with Gasteiger partial charge in [-0.2, -0.15) is 20.2 Å². The van der Waals surface area contributed by atoms with Crippen LogP contribution in [0.15, 0.2) is 42.7 Å². The summed E-state index contributed by atoms with van der Waals surface area (Å²) in [6.45, 7) is 6.83. The summed E-state index contributed by atoms with van der Waals surface area (Å²) in [5.41, 5.74) is 9.84. The van der Waals surface area contributed by atoms with Crippen LogP contribution in [0.1, 0.15) is 98.5 Å². The number of amides is 3. The molecule has 17 heteroatoms. The number of benzene rings is 2. The molecule has 0 saturated heterocycles. The highest BCUT2D eigenvalue weighted by Gasteiger charge is 2.44. The van der Waals surface area contributed by atoms with E-state index in [1.807, 2.05) is 54.8 Å². The van der Waals surface area contributed by atoms with Crippen LogP contribution in [0.5, 0.6) is 0 Å². The lowest BCUT2D eigenvalue weighted by molar-refractivity contribution is -0.130. The lowest BCUT2D eigenvalue weighted by Crippen LogP contribution is -2.42. The molecule has 59 heavy (non-hydrogen) atoms. The van der Waals surface area contributed by atoms with Crippen molar-refractivity contribution >= 4 is 68.2 Å². The Hall–Kier alpha value is -6.52. The molecule has 2 unspecified atom stereocenters. The summed E-state index contributed by atoms with van der Waals surface area (Å²) in [7, 11) is 3.83. The number of hydrogen-bond donors (Lipinski definition) is 5. The molecule has 6 aromatic rings. The van der Waals surface area contributed by atoms with Gasteiger partial charge >= 0.3 is 6.03 Å². The highest BCUT2D eigenvalue weighted by molar-refractivity contribution is 5.94. The maximum atomic E-state index is 12.4. The number of nitrogens with zero attached hydrogens (tertiary/aromatic N) is 10. The average Bonchev–Trinajstić information content (AvgIpc) is 4.01. The topological polar surface area (TPSA) is 195 Å². The van der Waals surface area contributed by atoms with E-state index in [1.165, 1.54) is 16.7 Å². The second kappa shape index (κ2) is 14.7. The van der Waals surface area contributed by atoms with Gasteiger partial charge in [-0.1, -0.05) is 19.1 Å². The number of rotatable bonds is 11. The fraction of sp³-hybridized carbons (Fsp3) is 0.429. The Balaban J connectivity index is 0.945. The van der Waals surface area contributed by atoms with E-state index in [1.54, 1.807) is 4.68 Å². The maximum Gasteiger partial charge on any atom is 0.317 e. The minimum atomic E-state index is -0.0451. The monoisotopic (exact) mass is 795 g/mol. The molecule has 2 aliphatic heterocycles. The summed E-state index contributed by atoms with van der Waals surface area (Å²) in [4.78, 5) is 38.3. The molecule has 10 rings (SSSR count). The SMILES string of the molecule is CCNC(=O)N1CC=C(c2nc(Nc3cc(C4CC4c4c(Nc5nc(C6=CCN(C(=O)CC)CC6)nn5C)ccc5[nH]ncc45)c4[nH]ncc4c3C3CC3)n(C)n2)CC1. The molecule has 0 bridgehead atoms. The van der Waals surface area contributed by atoms with Crippen molar-refractivity contribution in [1.82, 2.24) is 65.0 Å². The summed E-state index contributed by atoms with van der Waals surface area (Å²) in [5.74, 6) is 3.72. The fourth-order valence-corrected chi connectivity index (χ4v) is 8.92. The molecule has 304 valence electrons. The van der Waals surface area contributed by atoms with Crippen LogP contribution in [-0.4, -0.2) is 104 Å². The fourth-order valence-electron chi connectivity index (χ4n) is 8.92. The number of aromatic amines is 2. The van der Waals surface area contributed by atoms with Crippen LogP contribution in [0.2, 0.25) is 0 Å². The summed E-state index contributed by atoms with van der Waals surface area (Å²) < 4.78 is 3.60. The molecule has 2 saturated carbocycles. The van der Waals surface area contributed by atoms with Gasteiger partial charge in [-0.3, -0.25) is 15.0 Å². The van der Waals surface area contributed by atoms with Crippen LogP contribution >= 0.6 is 0 Å². The van der Waals surface area contributed by atoms with E-state index in [0.29, 0.717) is 75.0 Å². The molecular weight excluding hydrogens is 747 g/mol. The predicted molar refractivity (Wildman–Crippen MR) is 226 cm³/mol. The Labute approximate surface area is 340 Å². The third kappa shape index (κ3) is 6.77. The van der Waals surface area contributed by atoms with Gasteiger partial charge < -0.3 is 25.8 Å². The first-order valence-electron chi connectivity index (χ1n) is 20.8. The van der Waals surface area contributed by atoms with Crippen molar-refractivity contribution in [3.63, 3.8) is 0 Å². The third-order valence-corrected chi connectivity index (χ3v) is 12.3. The number of nitrogens with one attached hydrogen (secondary N) is 5. The first-order chi connectivity index (χ1) is 28.8. The lowest BCUT2D eigenvalue weighted by Gasteiger charge is -2.25. The first kappa shape index (κ1) is 36.8. The third-order valence-electron chi connectivity index (χ3n) is 12.3. The minimum Gasteiger partial charge on any atom is -0.339 e. The summed E-state index contributed by atoms with van der Waals surface area (Å²) >= 11 is 0. The van der Waals surface area contributed by atoms with Crippen molar-refractivity contribution in [1.29, 1.82) is 0 Å². The maximum absolute atomic E-state index is 12.4. The second-order valence-corrected chi connectivity index (χ2v) is 16.1. The number of hydrogen-bond acceptors (Lipinski definition) is 10. The Morgan fingerprint density at radius 3 is 2.10 bits per heavy atom. The number of aryl methyl sites for hydroxylation is 2. The van der Waals surface area contributed by atoms with Crippen LogP contribution in [0, 0.1) is 0 Å². The molecule has 2 atom stereocenters. The lowest BCUT2D eigenvalue weighted by atomic mass is 9.94. The number of anilines is 4. The summed E-state index contributed by atoms with van der Waals surface area (Å²) in [6, 6.07) is 6.43. The van der Waals surface area contributed by atoms with E-state index < -0.39 is 0 Å². The molecule has 2 fully saturated rings. The molecule has 5 N–H and O–H groups in total. The van der Waals surface area contributed by atoms with E-state index in [9.17, 15) is 9.59 Å². The molecule has 2 aliphatic carbocycles. The van der Waals surface area contributed by atoms with E-state index in [-0.39, 0.29) is 23.8 Å². The van der Waals surface area contributed by atoms with Gasteiger partial charge in [0.2, 0.25) is 17.8 Å². The van der Waals surface area contributed by atoms with Gasteiger partial charge in [-0.05, 0) is 103 Å². The standard InChI is InChI=1S/C42H49N15O2/c1-5-34(58)56-15-11-24(12-16-56)38-48-40(54(3)52-38)46-32-10-9-31-29(21-44-50-31)36(32)27-19-26(27)28-20-33(35(23-7-8-23)30-22-45-51-37(28)30)47-41-49-39(53-55(41)4)25-13-17-57(18-14-25)42(59)43-6-2/h9-11,13,20-23,26-27H,5-8,12,14-19H2,1-4H3,(H,43,59)(H,44,50)(H,45,51)(H,46,48,52)(H,47,49,53). The van der Waals surface area contributed by atoms with Gasteiger partial charge in [-0.25, -0.2) is 14.2 Å². The van der Waals surface area contributed by atoms with Gasteiger partial charge in [0.05, 0.1) is 23.4 Å². The zero-order valence-electron chi connectivity index (χ0n) is 33.8. The smallest absolute Gasteiger partial charge is 0.317 e. The van der Waals surface area contributed by atoms with E-state index in [0.717, 1.165) is 70.0 Å². The van der Waals surface area contributed by atoms with Crippen LogP contribution < -0.4 is 16.0 Å². The van der Waals surface area contributed by atoms with Crippen molar-refractivity contribution in [2.45, 2.75) is 70.1 Å². The van der Waals surface area contributed by atoms with Gasteiger partial charge in [0, 0.05) is 75.4 Å². The molecular formula is C42H49N15O2. The molecule has 0 radical (unpaired) electrons. The van der Waals surface area contributed by atoms with Crippen molar-refractivity contribution in [2.24, 2.45) is 14.1 Å². The number of aromatic nitrogens is 10. The van der Waals surface area contributed by atoms with Crippen LogP contribution in [0.3, 0.4) is 0 Å². The predicted octanol–water partition coefficient (Wildman–Crippen LogP) is 6.18. The Morgan fingerprint density at radius 2 is 1.46 bits per heavy atom. The number of H-pyrrole nitrogens is 2. The van der Waals surface area contributed by atoms with Gasteiger partial charge in [-0.15, -0.1) is 10.2 Å². The molecule has 3 amide bonds. The highest BCUT2D eigenvalue weighted by atomic mass is 16.2. The van der Waals surface area contributed by atoms with Crippen molar-refractivity contribution in [3.05, 3.63) is 71.1 Å². The zero-order valence-corrected chi connectivity index (χ0v) is 33.8. The molecule has 6 heterocycles.